The highest BCUT2D eigenvalue weighted by molar-refractivity contribution is 7.99. The van der Waals surface area contributed by atoms with Gasteiger partial charge in [-0.2, -0.15) is 17.0 Å². The van der Waals surface area contributed by atoms with Crippen molar-refractivity contribution in [3.63, 3.8) is 0 Å². The summed E-state index contributed by atoms with van der Waals surface area (Å²) in [5.41, 5.74) is -0.984. The van der Waals surface area contributed by atoms with Gasteiger partial charge in [0, 0.05) is 11.5 Å². The molecular weight excluding hydrogens is 242 g/mol. The van der Waals surface area contributed by atoms with Crippen LogP contribution in [0, 0.1) is 17.2 Å². The second-order valence-corrected chi connectivity index (χ2v) is 10.3. The zero-order valence-electron chi connectivity index (χ0n) is 10.1. The van der Waals surface area contributed by atoms with E-state index in [0.29, 0.717) is 11.5 Å². The molecule has 0 saturated carbocycles. The molecule has 0 aliphatic carbocycles. The highest BCUT2D eigenvalue weighted by Crippen LogP contribution is 2.39. The van der Waals surface area contributed by atoms with E-state index in [0.717, 1.165) is 0 Å². The maximum atomic E-state index is 11.6. The number of ether oxygens (including phenoxy) is 1. The molecule has 1 aliphatic heterocycles. The number of esters is 1. The summed E-state index contributed by atoms with van der Waals surface area (Å²) >= 11 is 1.57. The summed E-state index contributed by atoms with van der Waals surface area (Å²) in [4.78, 5) is 11.6. The zero-order valence-corrected chi connectivity index (χ0v) is 11.9. The number of nitrogens with zero attached hydrogens (tertiary/aromatic N) is 1. The first-order valence-electron chi connectivity index (χ1n) is 5.11. The van der Waals surface area contributed by atoms with Gasteiger partial charge in [-0.3, -0.25) is 4.79 Å². The van der Waals surface area contributed by atoms with Gasteiger partial charge in [-0.25, -0.2) is 0 Å². The van der Waals surface area contributed by atoms with E-state index in [-0.39, 0.29) is 5.97 Å². The van der Waals surface area contributed by atoms with E-state index in [1.165, 1.54) is 7.11 Å². The summed E-state index contributed by atoms with van der Waals surface area (Å²) in [7, 11) is -0.510. The second kappa shape index (κ2) is 4.78. The number of methoxy groups -OCH3 is 1. The zero-order chi connectivity index (χ0) is 12.4. The van der Waals surface area contributed by atoms with Crippen LogP contribution in [0.5, 0.6) is 0 Å². The quantitative estimate of drug-likeness (QED) is 0.569. The molecule has 1 heterocycles. The molecule has 2 unspecified atom stereocenters. The van der Waals surface area contributed by atoms with Crippen molar-refractivity contribution in [3.05, 3.63) is 0 Å². The molecule has 0 amide bonds. The van der Waals surface area contributed by atoms with Crippen LogP contribution in [0.15, 0.2) is 0 Å². The summed E-state index contributed by atoms with van der Waals surface area (Å²) < 4.78 is 10.7. The molecule has 16 heavy (non-hydrogen) atoms. The minimum Gasteiger partial charge on any atom is -0.469 e. The minimum absolute atomic E-state index is 0.343. The molecule has 2 atom stereocenters. The van der Waals surface area contributed by atoms with Crippen molar-refractivity contribution in [2.45, 2.75) is 25.2 Å². The Hall–Kier alpha value is -0.513. The lowest BCUT2D eigenvalue weighted by atomic mass is 9.93. The lowest BCUT2D eigenvalue weighted by Gasteiger charge is -2.33. The third-order valence-electron chi connectivity index (χ3n) is 2.33. The number of carbonyl (C=O) groups excluding carboxylic acids is 1. The van der Waals surface area contributed by atoms with Crippen LogP contribution in [0.25, 0.3) is 0 Å². The second-order valence-electron chi connectivity index (χ2n) is 4.81. The van der Waals surface area contributed by atoms with Crippen molar-refractivity contribution in [2.75, 3.05) is 18.6 Å². The van der Waals surface area contributed by atoms with Gasteiger partial charge in [-0.05, 0) is 19.6 Å². The predicted octanol–water partition coefficient (Wildman–Crippen LogP) is 1.64. The van der Waals surface area contributed by atoms with Crippen LogP contribution in [0.3, 0.4) is 0 Å². The van der Waals surface area contributed by atoms with Gasteiger partial charge in [-0.1, -0.05) is 0 Å². The molecule has 0 bridgehead atoms. The fourth-order valence-corrected chi connectivity index (χ4v) is 4.59. The molecule has 1 saturated heterocycles. The predicted molar refractivity (Wildman–Crippen MR) is 65.6 cm³/mol. The number of hydrogen-bond donors (Lipinski definition) is 0. The Balaban J connectivity index is 2.94. The maximum Gasteiger partial charge on any atom is 0.313 e. The molecule has 0 aromatic rings. The van der Waals surface area contributed by atoms with E-state index in [2.05, 4.69) is 6.07 Å². The van der Waals surface area contributed by atoms with Crippen LogP contribution in [-0.4, -0.2) is 38.5 Å². The van der Waals surface area contributed by atoms with E-state index in [4.69, 9.17) is 9.16 Å². The first-order chi connectivity index (χ1) is 7.34. The molecule has 0 aromatic heterocycles. The lowest BCUT2D eigenvalue weighted by Crippen LogP contribution is -2.49. The summed E-state index contributed by atoms with van der Waals surface area (Å²) in [6.07, 6.45) is 0. The first kappa shape index (κ1) is 13.6. The van der Waals surface area contributed by atoms with Gasteiger partial charge in [0.2, 0.25) is 0 Å². The number of thioether (sulfide) groups is 1. The van der Waals surface area contributed by atoms with E-state index >= 15 is 0 Å². The summed E-state index contributed by atoms with van der Waals surface area (Å²) in [6.45, 7) is 6.05. The van der Waals surface area contributed by atoms with E-state index in [1.54, 1.807) is 11.8 Å². The Kier molecular flexibility index (Phi) is 4.05. The normalized spacial score (nSPS) is 29.8. The Morgan fingerprint density at radius 3 is 2.62 bits per heavy atom. The molecule has 0 spiro atoms. The molecular formula is C10H17NO3SSi. The molecule has 6 heteroatoms. The van der Waals surface area contributed by atoms with E-state index in [1.807, 2.05) is 19.6 Å². The van der Waals surface area contributed by atoms with Gasteiger partial charge in [0.05, 0.1) is 13.2 Å². The topological polar surface area (TPSA) is 59.3 Å². The van der Waals surface area contributed by atoms with E-state index < -0.39 is 19.8 Å². The van der Waals surface area contributed by atoms with Crippen LogP contribution in [0.4, 0.5) is 0 Å². The molecule has 0 radical (unpaired) electrons. The Bertz CT molecular complexity index is 323. The first-order valence-corrected chi connectivity index (χ1v) is 9.68. The van der Waals surface area contributed by atoms with Gasteiger partial charge in [0.15, 0.2) is 13.9 Å². The van der Waals surface area contributed by atoms with Crippen molar-refractivity contribution in [3.8, 4) is 6.07 Å². The highest BCUT2D eigenvalue weighted by Gasteiger charge is 2.51. The van der Waals surface area contributed by atoms with Gasteiger partial charge in [0.25, 0.3) is 0 Å². The Labute approximate surface area is 101 Å². The van der Waals surface area contributed by atoms with Crippen LogP contribution >= 0.6 is 11.8 Å². The minimum atomic E-state index is -1.86. The Morgan fingerprint density at radius 1 is 1.56 bits per heavy atom. The fourth-order valence-electron chi connectivity index (χ4n) is 1.74. The molecule has 90 valence electrons. The fraction of sp³-hybridized carbons (Fsp3) is 0.800. The van der Waals surface area contributed by atoms with Crippen molar-refractivity contribution < 1.29 is 14.0 Å². The Morgan fingerprint density at radius 2 is 2.19 bits per heavy atom. The number of rotatable bonds is 3. The van der Waals surface area contributed by atoms with Gasteiger partial charge in [0.1, 0.15) is 5.92 Å². The SMILES string of the molecule is COC(=O)C1CSCC1(C#N)O[Si](C)(C)C. The lowest BCUT2D eigenvalue weighted by molar-refractivity contribution is -0.149. The van der Waals surface area contributed by atoms with Crippen LogP contribution < -0.4 is 0 Å². The maximum absolute atomic E-state index is 11.6. The monoisotopic (exact) mass is 259 g/mol. The van der Waals surface area contributed by atoms with Crippen molar-refractivity contribution in [2.24, 2.45) is 5.92 Å². The summed E-state index contributed by atoms with van der Waals surface area (Å²) in [5.74, 6) is 0.349. The molecule has 1 fully saturated rings. The number of hydrogen-bond acceptors (Lipinski definition) is 5. The average molecular weight is 259 g/mol. The third-order valence-corrected chi connectivity index (χ3v) is 4.51. The van der Waals surface area contributed by atoms with E-state index in [9.17, 15) is 10.1 Å². The summed E-state index contributed by atoms with van der Waals surface area (Å²) in [5, 5.41) is 9.32. The highest BCUT2D eigenvalue weighted by atomic mass is 32.2. The van der Waals surface area contributed by atoms with Crippen molar-refractivity contribution in [1.29, 1.82) is 5.26 Å². The number of nitriles is 1. The third kappa shape index (κ3) is 2.78. The summed E-state index contributed by atoms with van der Waals surface area (Å²) in [6, 6.07) is 2.19. The molecule has 0 N–H and O–H groups in total. The smallest absolute Gasteiger partial charge is 0.313 e. The standard InChI is InChI=1S/C10H17NO3SSi/c1-13-9(12)8-5-15-7-10(8,6-11)14-16(2,3)4/h8H,5,7H2,1-4H3. The van der Waals surface area contributed by atoms with Gasteiger partial charge < -0.3 is 9.16 Å². The van der Waals surface area contributed by atoms with Crippen molar-refractivity contribution >= 4 is 26.0 Å². The molecule has 4 nitrogen and oxygen atoms in total. The van der Waals surface area contributed by atoms with Crippen molar-refractivity contribution in [1.82, 2.24) is 0 Å². The molecule has 1 rings (SSSR count). The van der Waals surface area contributed by atoms with Crippen LogP contribution in [-0.2, 0) is 14.0 Å². The average Bonchev–Trinajstić information content (AvgIpc) is 2.58. The molecule has 1 aliphatic rings. The van der Waals surface area contributed by atoms with Crippen LogP contribution in [0.2, 0.25) is 19.6 Å². The molecule has 0 aromatic carbocycles. The largest absolute Gasteiger partial charge is 0.469 e. The van der Waals surface area contributed by atoms with Crippen LogP contribution in [0.1, 0.15) is 0 Å². The number of carbonyl (C=O) groups is 1. The van der Waals surface area contributed by atoms with Gasteiger partial charge in [-0.15, -0.1) is 0 Å². The van der Waals surface area contributed by atoms with Gasteiger partial charge >= 0.3 is 5.97 Å².